The number of nitriles is 1. The number of carbonyl (C=O) groups is 1. The quantitative estimate of drug-likeness (QED) is 0.622. The molecule has 0 atom stereocenters. The summed E-state index contributed by atoms with van der Waals surface area (Å²) in [4.78, 5) is 11.4. The van der Waals surface area contributed by atoms with Gasteiger partial charge in [-0.1, -0.05) is 0 Å². The highest BCUT2D eigenvalue weighted by Crippen LogP contribution is 2.21. The van der Waals surface area contributed by atoms with E-state index in [2.05, 4.69) is 0 Å². The molecule has 3 nitrogen and oxygen atoms in total. The van der Waals surface area contributed by atoms with Gasteiger partial charge in [0.2, 0.25) is 0 Å². The lowest BCUT2D eigenvalue weighted by atomic mass is 10.1. The molecule has 0 aliphatic rings. The van der Waals surface area contributed by atoms with Gasteiger partial charge in [0.1, 0.15) is 17.4 Å². The number of hydrogen-bond donors (Lipinski definition) is 0. The van der Waals surface area contributed by atoms with E-state index in [1.54, 1.807) is 29.5 Å². The highest BCUT2D eigenvalue weighted by molar-refractivity contribution is 14.1. The Kier molecular flexibility index (Phi) is 4.03. The Balaban J connectivity index is 3.28. The van der Waals surface area contributed by atoms with Crippen LogP contribution in [0, 0.1) is 20.7 Å². The molecule has 1 rings (SSSR count). The third-order valence-electron chi connectivity index (χ3n) is 1.69. The van der Waals surface area contributed by atoms with E-state index >= 15 is 0 Å². The van der Waals surface area contributed by atoms with Crippen molar-refractivity contribution in [3.63, 3.8) is 0 Å². The fraction of sp³-hybridized carbons (Fsp3) is 0.200. The van der Waals surface area contributed by atoms with Gasteiger partial charge in [-0.3, -0.25) is 0 Å². The van der Waals surface area contributed by atoms with E-state index in [0.29, 0.717) is 0 Å². The van der Waals surface area contributed by atoms with Crippen LogP contribution in [-0.2, 0) is 4.74 Å². The van der Waals surface area contributed by atoms with Crippen molar-refractivity contribution in [3.8, 4) is 6.07 Å². The normalized spacial score (nSPS) is 9.47. The van der Waals surface area contributed by atoms with Crippen LogP contribution in [0.15, 0.2) is 12.1 Å². The minimum atomic E-state index is -0.739. The Labute approximate surface area is 100.0 Å². The summed E-state index contributed by atoms with van der Waals surface area (Å²) in [7, 11) is 0. The van der Waals surface area contributed by atoms with E-state index in [1.807, 2.05) is 6.07 Å². The van der Waals surface area contributed by atoms with E-state index in [4.69, 9.17) is 10.00 Å². The molecule has 1 aromatic rings. The largest absolute Gasteiger partial charge is 0.462 e. The highest BCUT2D eigenvalue weighted by Gasteiger charge is 2.19. The zero-order valence-corrected chi connectivity index (χ0v) is 10.0. The fourth-order valence-corrected chi connectivity index (χ4v) is 1.81. The third kappa shape index (κ3) is 2.45. The summed E-state index contributed by atoms with van der Waals surface area (Å²) in [6.07, 6.45) is 0. The van der Waals surface area contributed by atoms with Crippen LogP contribution in [0.5, 0.6) is 0 Å². The Hall–Kier alpha value is -1.16. The van der Waals surface area contributed by atoms with Crippen LogP contribution in [0.2, 0.25) is 0 Å². The van der Waals surface area contributed by atoms with Gasteiger partial charge >= 0.3 is 5.97 Å². The minimum Gasteiger partial charge on any atom is -0.462 e. The molecule has 1 aromatic carbocycles. The molecule has 0 spiro atoms. The molecule has 5 heteroatoms. The van der Waals surface area contributed by atoms with Crippen LogP contribution in [0.25, 0.3) is 0 Å². The van der Waals surface area contributed by atoms with Crippen molar-refractivity contribution in [1.82, 2.24) is 0 Å². The molecule has 0 aliphatic carbocycles. The van der Waals surface area contributed by atoms with Crippen molar-refractivity contribution in [2.45, 2.75) is 6.92 Å². The van der Waals surface area contributed by atoms with E-state index in [9.17, 15) is 9.18 Å². The summed E-state index contributed by atoms with van der Waals surface area (Å²) in [6.45, 7) is 1.81. The topological polar surface area (TPSA) is 50.1 Å². The molecule has 0 saturated heterocycles. The minimum absolute atomic E-state index is 0.170. The lowest BCUT2D eigenvalue weighted by Crippen LogP contribution is -2.10. The molecular formula is C10H7FINO2. The molecule has 0 aliphatic heterocycles. The molecule has 0 radical (unpaired) electrons. The summed E-state index contributed by atoms with van der Waals surface area (Å²) in [5.41, 5.74) is 0.0940. The SMILES string of the molecule is CCOC(=O)c1c(F)ccc(C#N)c1I. The van der Waals surface area contributed by atoms with Gasteiger partial charge in [0.05, 0.1) is 12.2 Å². The number of hydrogen-bond acceptors (Lipinski definition) is 3. The number of carbonyl (C=O) groups excluding carboxylic acids is 1. The van der Waals surface area contributed by atoms with Crippen LogP contribution in [0.1, 0.15) is 22.8 Å². The molecule has 0 unspecified atom stereocenters. The second kappa shape index (κ2) is 5.07. The lowest BCUT2D eigenvalue weighted by Gasteiger charge is -2.06. The molecule has 0 fully saturated rings. The van der Waals surface area contributed by atoms with E-state index in [-0.39, 0.29) is 21.3 Å². The van der Waals surface area contributed by atoms with E-state index in [0.717, 1.165) is 6.07 Å². The molecule has 0 bridgehead atoms. The molecule has 0 amide bonds. The van der Waals surface area contributed by atoms with Gasteiger partial charge < -0.3 is 4.74 Å². The second-order valence-electron chi connectivity index (χ2n) is 2.62. The van der Waals surface area contributed by atoms with Crippen LogP contribution >= 0.6 is 22.6 Å². The monoisotopic (exact) mass is 319 g/mol. The predicted molar refractivity (Wildman–Crippen MR) is 59.8 cm³/mol. The van der Waals surface area contributed by atoms with Crippen molar-refractivity contribution in [3.05, 3.63) is 32.6 Å². The summed E-state index contributed by atoms with van der Waals surface area (Å²) < 4.78 is 18.3. The summed E-state index contributed by atoms with van der Waals surface area (Å²) in [5, 5.41) is 8.72. The van der Waals surface area contributed by atoms with Crippen LogP contribution in [0.4, 0.5) is 4.39 Å². The van der Waals surface area contributed by atoms with Crippen molar-refractivity contribution < 1.29 is 13.9 Å². The molecular weight excluding hydrogens is 312 g/mol. The first-order valence-electron chi connectivity index (χ1n) is 4.17. The Morgan fingerprint density at radius 1 is 1.67 bits per heavy atom. The zero-order chi connectivity index (χ0) is 11.4. The van der Waals surface area contributed by atoms with Crippen LogP contribution in [-0.4, -0.2) is 12.6 Å². The van der Waals surface area contributed by atoms with E-state index < -0.39 is 11.8 Å². The first kappa shape index (κ1) is 11.9. The van der Waals surface area contributed by atoms with Gasteiger partial charge in [0.15, 0.2) is 0 Å². The molecule has 0 heterocycles. The van der Waals surface area contributed by atoms with E-state index in [1.165, 1.54) is 6.07 Å². The summed E-state index contributed by atoms with van der Waals surface area (Å²) in [6, 6.07) is 4.30. The van der Waals surface area contributed by atoms with Gasteiger partial charge in [0, 0.05) is 3.57 Å². The maximum Gasteiger partial charge on any atom is 0.342 e. The molecule has 0 saturated carbocycles. The number of ether oxygens (including phenoxy) is 1. The number of nitrogens with zero attached hydrogens (tertiary/aromatic N) is 1. The van der Waals surface area contributed by atoms with Gasteiger partial charge in [-0.25, -0.2) is 9.18 Å². The number of benzene rings is 1. The maximum absolute atomic E-state index is 13.3. The smallest absolute Gasteiger partial charge is 0.342 e. The number of rotatable bonds is 2. The fourth-order valence-electron chi connectivity index (χ4n) is 1.03. The molecule has 78 valence electrons. The van der Waals surface area contributed by atoms with Crippen LogP contribution < -0.4 is 0 Å². The van der Waals surface area contributed by atoms with Gasteiger partial charge in [-0.15, -0.1) is 0 Å². The lowest BCUT2D eigenvalue weighted by molar-refractivity contribution is 0.0519. The highest BCUT2D eigenvalue weighted by atomic mass is 127. The Morgan fingerprint density at radius 2 is 2.33 bits per heavy atom. The Morgan fingerprint density at radius 3 is 2.87 bits per heavy atom. The molecule has 15 heavy (non-hydrogen) atoms. The number of halogens is 2. The van der Waals surface area contributed by atoms with Crippen molar-refractivity contribution >= 4 is 28.6 Å². The predicted octanol–water partition coefficient (Wildman–Crippen LogP) is 2.48. The first-order chi connectivity index (χ1) is 7.11. The number of esters is 1. The Bertz CT molecular complexity index is 440. The summed E-state index contributed by atoms with van der Waals surface area (Å²) >= 11 is 1.76. The van der Waals surface area contributed by atoms with Crippen molar-refractivity contribution in [2.75, 3.05) is 6.61 Å². The maximum atomic E-state index is 13.3. The molecule has 0 aromatic heterocycles. The first-order valence-corrected chi connectivity index (χ1v) is 5.25. The van der Waals surface area contributed by atoms with Gasteiger partial charge in [0.25, 0.3) is 0 Å². The molecule has 0 N–H and O–H groups in total. The van der Waals surface area contributed by atoms with Crippen molar-refractivity contribution in [1.29, 1.82) is 5.26 Å². The average Bonchev–Trinajstić information content (AvgIpc) is 2.18. The average molecular weight is 319 g/mol. The standard InChI is InChI=1S/C10H7FINO2/c1-2-15-10(14)8-7(11)4-3-6(5-13)9(8)12/h3-4H,2H2,1H3. The van der Waals surface area contributed by atoms with Crippen molar-refractivity contribution in [2.24, 2.45) is 0 Å². The van der Waals surface area contributed by atoms with Crippen LogP contribution in [0.3, 0.4) is 0 Å². The third-order valence-corrected chi connectivity index (χ3v) is 2.81. The van der Waals surface area contributed by atoms with Gasteiger partial charge in [-0.05, 0) is 41.6 Å². The van der Waals surface area contributed by atoms with Gasteiger partial charge in [-0.2, -0.15) is 5.26 Å². The summed E-state index contributed by atoms with van der Waals surface area (Å²) in [5.74, 6) is -1.41. The zero-order valence-electron chi connectivity index (χ0n) is 7.88. The second-order valence-corrected chi connectivity index (χ2v) is 3.69.